The van der Waals surface area contributed by atoms with Crippen LogP contribution in [0.25, 0.3) is 0 Å². The van der Waals surface area contributed by atoms with Gasteiger partial charge in [-0.25, -0.2) is 0 Å². The molecule has 100 valence electrons. The summed E-state index contributed by atoms with van der Waals surface area (Å²) in [7, 11) is 1.70. The third-order valence-electron chi connectivity index (χ3n) is 3.92. The van der Waals surface area contributed by atoms with Gasteiger partial charge in [-0.1, -0.05) is 26.2 Å². The lowest BCUT2D eigenvalue weighted by atomic mass is 9.82. The highest BCUT2D eigenvalue weighted by atomic mass is 16.5. The fourth-order valence-electron chi connectivity index (χ4n) is 2.97. The van der Waals surface area contributed by atoms with Crippen molar-refractivity contribution in [2.45, 2.75) is 51.0 Å². The highest BCUT2D eigenvalue weighted by Crippen LogP contribution is 2.35. The standard InChI is InChI=1S/C15H24N2O/c1-3-7-15(8-5-4-6-9-17-15)13-10-14(18-2)12-16-11-13/h10-12,17H,3-9H2,1-2H3. The minimum absolute atomic E-state index is 0.104. The first-order chi connectivity index (χ1) is 8.80. The second kappa shape index (κ2) is 6.19. The predicted octanol–water partition coefficient (Wildman–Crippen LogP) is 3.25. The van der Waals surface area contributed by atoms with E-state index in [4.69, 9.17) is 4.74 Å². The van der Waals surface area contributed by atoms with E-state index in [1.165, 1.54) is 44.1 Å². The quantitative estimate of drug-likeness (QED) is 0.888. The van der Waals surface area contributed by atoms with E-state index in [9.17, 15) is 0 Å². The maximum Gasteiger partial charge on any atom is 0.137 e. The maximum atomic E-state index is 5.31. The first-order valence-electron chi connectivity index (χ1n) is 7.05. The van der Waals surface area contributed by atoms with E-state index >= 15 is 0 Å². The molecule has 1 atom stereocenters. The Bertz CT molecular complexity index is 371. The van der Waals surface area contributed by atoms with Crippen LogP contribution >= 0.6 is 0 Å². The lowest BCUT2D eigenvalue weighted by Crippen LogP contribution is -2.41. The highest BCUT2D eigenvalue weighted by Gasteiger charge is 2.32. The maximum absolute atomic E-state index is 5.31. The summed E-state index contributed by atoms with van der Waals surface area (Å²) in [5.41, 5.74) is 1.39. The van der Waals surface area contributed by atoms with Gasteiger partial charge >= 0.3 is 0 Å². The van der Waals surface area contributed by atoms with E-state index in [-0.39, 0.29) is 5.54 Å². The Morgan fingerprint density at radius 3 is 3.00 bits per heavy atom. The summed E-state index contributed by atoms with van der Waals surface area (Å²) in [5.74, 6) is 0.856. The number of nitrogens with zero attached hydrogens (tertiary/aromatic N) is 1. The van der Waals surface area contributed by atoms with Gasteiger partial charge in [-0.15, -0.1) is 0 Å². The van der Waals surface area contributed by atoms with Crippen molar-refractivity contribution in [3.63, 3.8) is 0 Å². The Hall–Kier alpha value is -1.09. The normalized spacial score (nSPS) is 24.6. The molecule has 0 aromatic carbocycles. The Morgan fingerprint density at radius 1 is 1.33 bits per heavy atom. The summed E-state index contributed by atoms with van der Waals surface area (Å²) in [6.45, 7) is 3.36. The van der Waals surface area contributed by atoms with Crippen LogP contribution in [0, 0.1) is 0 Å². The number of hydrogen-bond donors (Lipinski definition) is 1. The van der Waals surface area contributed by atoms with Gasteiger partial charge in [0.15, 0.2) is 0 Å². The number of hydrogen-bond acceptors (Lipinski definition) is 3. The third kappa shape index (κ3) is 2.83. The lowest BCUT2D eigenvalue weighted by molar-refractivity contribution is 0.294. The van der Waals surface area contributed by atoms with Gasteiger partial charge in [-0.2, -0.15) is 0 Å². The van der Waals surface area contributed by atoms with Crippen molar-refractivity contribution >= 4 is 0 Å². The molecule has 0 saturated carbocycles. The Balaban J connectivity index is 2.31. The summed E-state index contributed by atoms with van der Waals surface area (Å²) in [6, 6.07) is 2.14. The lowest BCUT2D eigenvalue weighted by Gasteiger charge is -2.34. The molecular weight excluding hydrogens is 224 g/mol. The fourth-order valence-corrected chi connectivity index (χ4v) is 2.97. The molecule has 1 aliphatic rings. The zero-order valence-electron chi connectivity index (χ0n) is 11.5. The monoisotopic (exact) mass is 248 g/mol. The third-order valence-corrected chi connectivity index (χ3v) is 3.92. The molecule has 0 radical (unpaired) electrons. The van der Waals surface area contributed by atoms with E-state index in [1.54, 1.807) is 13.3 Å². The van der Waals surface area contributed by atoms with Crippen molar-refractivity contribution in [3.8, 4) is 5.75 Å². The molecule has 2 rings (SSSR count). The van der Waals surface area contributed by atoms with Crippen molar-refractivity contribution in [2.75, 3.05) is 13.7 Å². The van der Waals surface area contributed by atoms with Crippen molar-refractivity contribution in [1.82, 2.24) is 10.3 Å². The number of pyridine rings is 1. The molecule has 1 fully saturated rings. The minimum Gasteiger partial charge on any atom is -0.495 e. The number of rotatable bonds is 4. The van der Waals surface area contributed by atoms with Gasteiger partial charge in [0.1, 0.15) is 5.75 Å². The number of methoxy groups -OCH3 is 1. The molecule has 18 heavy (non-hydrogen) atoms. The molecule has 1 N–H and O–H groups in total. The average Bonchev–Trinajstić information content (AvgIpc) is 2.66. The van der Waals surface area contributed by atoms with Gasteiger partial charge in [-0.3, -0.25) is 4.98 Å². The zero-order chi connectivity index (χ0) is 12.8. The van der Waals surface area contributed by atoms with Crippen LogP contribution in [0.3, 0.4) is 0 Å². The summed E-state index contributed by atoms with van der Waals surface area (Å²) in [6.07, 6.45) is 11.2. The molecule has 1 aromatic heterocycles. The largest absolute Gasteiger partial charge is 0.495 e. The van der Waals surface area contributed by atoms with E-state index < -0.39 is 0 Å². The highest BCUT2D eigenvalue weighted by molar-refractivity contribution is 5.29. The molecule has 0 aliphatic carbocycles. The second-order valence-corrected chi connectivity index (χ2v) is 5.18. The molecule has 0 spiro atoms. The van der Waals surface area contributed by atoms with Gasteiger partial charge in [-0.05, 0) is 37.4 Å². The molecule has 0 amide bonds. The molecule has 3 heteroatoms. The molecule has 3 nitrogen and oxygen atoms in total. The van der Waals surface area contributed by atoms with Crippen molar-refractivity contribution in [2.24, 2.45) is 0 Å². The van der Waals surface area contributed by atoms with Gasteiger partial charge in [0.05, 0.1) is 13.3 Å². The van der Waals surface area contributed by atoms with Crippen LogP contribution in [-0.4, -0.2) is 18.6 Å². The van der Waals surface area contributed by atoms with E-state index in [1.807, 2.05) is 6.20 Å². The van der Waals surface area contributed by atoms with Crippen molar-refractivity contribution < 1.29 is 4.74 Å². The predicted molar refractivity (Wildman–Crippen MR) is 73.8 cm³/mol. The fraction of sp³-hybridized carbons (Fsp3) is 0.667. The second-order valence-electron chi connectivity index (χ2n) is 5.18. The molecule has 0 bridgehead atoms. The molecule has 2 heterocycles. The van der Waals surface area contributed by atoms with Crippen LogP contribution in [0.5, 0.6) is 5.75 Å². The van der Waals surface area contributed by atoms with Crippen molar-refractivity contribution in [3.05, 3.63) is 24.0 Å². The number of nitrogens with one attached hydrogen (secondary N) is 1. The van der Waals surface area contributed by atoms with Crippen LogP contribution in [-0.2, 0) is 5.54 Å². The van der Waals surface area contributed by atoms with Gasteiger partial charge in [0.2, 0.25) is 0 Å². The number of aromatic nitrogens is 1. The minimum atomic E-state index is 0.104. The van der Waals surface area contributed by atoms with Gasteiger partial charge in [0, 0.05) is 11.7 Å². The Kier molecular flexibility index (Phi) is 4.59. The molecule has 1 unspecified atom stereocenters. The molecule has 1 aromatic rings. The average molecular weight is 248 g/mol. The Morgan fingerprint density at radius 2 is 2.22 bits per heavy atom. The summed E-state index contributed by atoms with van der Waals surface area (Å²) >= 11 is 0. The van der Waals surface area contributed by atoms with Crippen LogP contribution in [0.1, 0.15) is 51.0 Å². The van der Waals surface area contributed by atoms with Gasteiger partial charge < -0.3 is 10.1 Å². The van der Waals surface area contributed by atoms with Crippen LogP contribution in [0.15, 0.2) is 18.5 Å². The Labute approximate surface area is 110 Å². The van der Waals surface area contributed by atoms with Crippen LogP contribution < -0.4 is 10.1 Å². The van der Waals surface area contributed by atoms with E-state index in [2.05, 4.69) is 23.3 Å². The van der Waals surface area contributed by atoms with Crippen LogP contribution in [0.2, 0.25) is 0 Å². The van der Waals surface area contributed by atoms with Crippen LogP contribution in [0.4, 0.5) is 0 Å². The van der Waals surface area contributed by atoms with Gasteiger partial charge in [0.25, 0.3) is 0 Å². The summed E-state index contributed by atoms with van der Waals surface area (Å²) in [4.78, 5) is 4.32. The first kappa shape index (κ1) is 13.3. The molecule has 1 saturated heterocycles. The molecular formula is C15H24N2O. The van der Waals surface area contributed by atoms with Crippen molar-refractivity contribution in [1.29, 1.82) is 0 Å². The van der Waals surface area contributed by atoms with E-state index in [0.717, 1.165) is 12.3 Å². The zero-order valence-corrected chi connectivity index (χ0v) is 11.5. The number of ether oxygens (including phenoxy) is 1. The summed E-state index contributed by atoms with van der Waals surface area (Å²) in [5, 5.41) is 3.77. The first-order valence-corrected chi connectivity index (χ1v) is 7.05. The topological polar surface area (TPSA) is 34.1 Å². The molecule has 1 aliphatic heterocycles. The SMILES string of the molecule is CCCC1(c2cncc(OC)c2)CCCCCN1. The summed E-state index contributed by atoms with van der Waals surface area (Å²) < 4.78 is 5.31. The smallest absolute Gasteiger partial charge is 0.137 e. The van der Waals surface area contributed by atoms with E-state index in [0.29, 0.717) is 0 Å².